The molecule has 2 aromatic rings. The molecule has 2 N–H and O–H groups in total. The lowest BCUT2D eigenvalue weighted by atomic mass is 9.92. The highest BCUT2D eigenvalue weighted by atomic mass is 16.3. The molecule has 0 aliphatic carbocycles. The molecule has 0 radical (unpaired) electrons. The Bertz CT molecular complexity index is 691. The molecule has 0 saturated carbocycles. The van der Waals surface area contributed by atoms with Crippen LogP contribution in [-0.2, 0) is 6.42 Å². The predicted octanol–water partition coefficient (Wildman–Crippen LogP) is 3.35. The standard InChI is InChI=1S/C18H20N2O/c1-2-3-13-6-8-19-15(10-13)11-14-7-9-20-18-5-4-16(21)12-17(14)18/h2-5,7,9,12,15,19,21H,1,6,8,10-11H2/b13-3-. The van der Waals surface area contributed by atoms with Gasteiger partial charge in [0.2, 0.25) is 0 Å². The second-order valence-electron chi connectivity index (χ2n) is 5.54. The molecule has 108 valence electrons. The van der Waals surface area contributed by atoms with Crippen molar-refractivity contribution in [1.29, 1.82) is 0 Å². The fraction of sp³-hybridized carbons (Fsp3) is 0.278. The van der Waals surface area contributed by atoms with Gasteiger partial charge < -0.3 is 10.4 Å². The molecule has 1 saturated heterocycles. The first-order valence-corrected chi connectivity index (χ1v) is 7.37. The van der Waals surface area contributed by atoms with Gasteiger partial charge in [0, 0.05) is 17.6 Å². The first kappa shape index (κ1) is 13.8. The minimum atomic E-state index is 0.292. The molecule has 3 heteroatoms. The average Bonchev–Trinajstić information content (AvgIpc) is 2.49. The average molecular weight is 280 g/mol. The predicted molar refractivity (Wildman–Crippen MR) is 86.4 cm³/mol. The summed E-state index contributed by atoms with van der Waals surface area (Å²) in [6.45, 7) is 4.79. The Hall–Kier alpha value is -2.13. The fourth-order valence-corrected chi connectivity index (χ4v) is 3.02. The third-order valence-corrected chi connectivity index (χ3v) is 4.02. The summed E-state index contributed by atoms with van der Waals surface area (Å²) in [5.74, 6) is 0.292. The number of nitrogens with one attached hydrogen (secondary N) is 1. The molecular weight excluding hydrogens is 260 g/mol. The summed E-state index contributed by atoms with van der Waals surface area (Å²) in [5.41, 5.74) is 3.62. The smallest absolute Gasteiger partial charge is 0.116 e. The fourth-order valence-electron chi connectivity index (χ4n) is 3.02. The first-order chi connectivity index (χ1) is 10.3. The maximum atomic E-state index is 9.71. The molecule has 0 bridgehead atoms. The second-order valence-corrected chi connectivity index (χ2v) is 5.54. The number of aromatic hydroxyl groups is 1. The maximum absolute atomic E-state index is 9.71. The third kappa shape index (κ3) is 3.14. The summed E-state index contributed by atoms with van der Waals surface area (Å²) in [7, 11) is 0. The summed E-state index contributed by atoms with van der Waals surface area (Å²) in [5, 5.41) is 14.3. The van der Waals surface area contributed by atoms with Crippen LogP contribution in [-0.4, -0.2) is 22.7 Å². The van der Waals surface area contributed by atoms with Crippen LogP contribution < -0.4 is 5.32 Å². The number of nitrogens with zero attached hydrogens (tertiary/aromatic N) is 1. The van der Waals surface area contributed by atoms with E-state index in [1.54, 1.807) is 12.1 Å². The van der Waals surface area contributed by atoms with Crippen LogP contribution in [0.5, 0.6) is 5.75 Å². The lowest BCUT2D eigenvalue weighted by Gasteiger charge is -2.26. The van der Waals surface area contributed by atoms with E-state index in [1.165, 1.54) is 11.1 Å². The Kier molecular flexibility index (Phi) is 4.02. The van der Waals surface area contributed by atoms with E-state index < -0.39 is 0 Å². The Morgan fingerprint density at radius 3 is 3.14 bits per heavy atom. The zero-order valence-electron chi connectivity index (χ0n) is 12.0. The normalized spacial score (nSPS) is 20.8. The molecule has 21 heavy (non-hydrogen) atoms. The van der Waals surface area contributed by atoms with Gasteiger partial charge in [-0.1, -0.05) is 24.3 Å². The molecule has 1 unspecified atom stereocenters. The lowest BCUT2D eigenvalue weighted by molar-refractivity contribution is 0.461. The summed E-state index contributed by atoms with van der Waals surface area (Å²) in [6.07, 6.45) is 8.94. The highest BCUT2D eigenvalue weighted by molar-refractivity contribution is 5.83. The number of piperidine rings is 1. The number of hydrogen-bond acceptors (Lipinski definition) is 3. The molecule has 1 aliphatic rings. The van der Waals surface area contributed by atoms with Gasteiger partial charge in [-0.2, -0.15) is 0 Å². The summed E-state index contributed by atoms with van der Waals surface area (Å²) < 4.78 is 0. The van der Waals surface area contributed by atoms with Gasteiger partial charge in [0.25, 0.3) is 0 Å². The molecule has 2 heterocycles. The van der Waals surface area contributed by atoms with Crippen LogP contribution in [0, 0.1) is 0 Å². The minimum Gasteiger partial charge on any atom is -0.508 e. The highest BCUT2D eigenvalue weighted by Crippen LogP contribution is 2.25. The van der Waals surface area contributed by atoms with E-state index in [2.05, 4.69) is 29.0 Å². The van der Waals surface area contributed by atoms with E-state index in [9.17, 15) is 5.11 Å². The second kappa shape index (κ2) is 6.10. The number of phenols is 1. The van der Waals surface area contributed by atoms with E-state index in [4.69, 9.17) is 0 Å². The monoisotopic (exact) mass is 280 g/mol. The van der Waals surface area contributed by atoms with Gasteiger partial charge in [-0.05, 0) is 55.6 Å². The lowest BCUT2D eigenvalue weighted by Crippen LogP contribution is -2.36. The Morgan fingerprint density at radius 1 is 1.38 bits per heavy atom. The van der Waals surface area contributed by atoms with Gasteiger partial charge in [-0.25, -0.2) is 0 Å². The quantitative estimate of drug-likeness (QED) is 0.906. The van der Waals surface area contributed by atoms with Gasteiger partial charge in [-0.3, -0.25) is 4.98 Å². The third-order valence-electron chi connectivity index (χ3n) is 4.02. The molecular formula is C18H20N2O. The van der Waals surface area contributed by atoms with Crippen molar-refractivity contribution in [2.75, 3.05) is 6.54 Å². The molecule has 1 aliphatic heterocycles. The van der Waals surface area contributed by atoms with E-state index in [0.29, 0.717) is 11.8 Å². The number of allylic oxidation sites excluding steroid dienone is 2. The van der Waals surface area contributed by atoms with Crippen LogP contribution >= 0.6 is 0 Å². The Balaban J connectivity index is 1.86. The van der Waals surface area contributed by atoms with Crippen LogP contribution in [0.4, 0.5) is 0 Å². The van der Waals surface area contributed by atoms with Crippen LogP contribution in [0.2, 0.25) is 0 Å². The van der Waals surface area contributed by atoms with Crippen molar-refractivity contribution in [2.24, 2.45) is 0 Å². The van der Waals surface area contributed by atoms with E-state index >= 15 is 0 Å². The largest absolute Gasteiger partial charge is 0.508 e. The molecule has 1 fully saturated rings. The van der Waals surface area contributed by atoms with E-state index in [1.807, 2.05) is 18.3 Å². The molecule has 1 atom stereocenters. The molecule has 0 amide bonds. The number of pyridine rings is 1. The Labute approximate surface area is 125 Å². The zero-order chi connectivity index (χ0) is 14.7. The number of benzene rings is 1. The maximum Gasteiger partial charge on any atom is 0.116 e. The first-order valence-electron chi connectivity index (χ1n) is 7.37. The van der Waals surface area contributed by atoms with Gasteiger partial charge in [-0.15, -0.1) is 0 Å². The molecule has 1 aromatic heterocycles. The van der Waals surface area contributed by atoms with Crippen molar-refractivity contribution < 1.29 is 5.11 Å². The van der Waals surface area contributed by atoms with Gasteiger partial charge >= 0.3 is 0 Å². The van der Waals surface area contributed by atoms with Crippen LogP contribution in [0.15, 0.2) is 54.8 Å². The van der Waals surface area contributed by atoms with Crippen LogP contribution in [0.1, 0.15) is 18.4 Å². The molecule has 1 aromatic carbocycles. The van der Waals surface area contributed by atoms with Crippen molar-refractivity contribution >= 4 is 10.9 Å². The number of aromatic nitrogens is 1. The molecule has 0 spiro atoms. The number of hydrogen-bond donors (Lipinski definition) is 2. The molecule has 3 rings (SSSR count). The number of rotatable bonds is 3. The van der Waals surface area contributed by atoms with E-state index in [0.717, 1.165) is 36.7 Å². The zero-order valence-corrected chi connectivity index (χ0v) is 12.0. The Morgan fingerprint density at radius 2 is 2.29 bits per heavy atom. The SMILES string of the molecule is C=C/C=C1/CCNC(Cc2ccnc3ccc(O)cc23)C1. The van der Waals surface area contributed by atoms with Gasteiger partial charge in [0.15, 0.2) is 0 Å². The highest BCUT2D eigenvalue weighted by Gasteiger charge is 2.17. The molecule has 3 nitrogen and oxygen atoms in total. The van der Waals surface area contributed by atoms with Crippen molar-refractivity contribution in [3.8, 4) is 5.75 Å². The van der Waals surface area contributed by atoms with Gasteiger partial charge in [0.05, 0.1) is 5.52 Å². The van der Waals surface area contributed by atoms with Crippen molar-refractivity contribution in [3.05, 3.63) is 60.3 Å². The summed E-state index contributed by atoms with van der Waals surface area (Å²) in [4.78, 5) is 4.36. The summed E-state index contributed by atoms with van der Waals surface area (Å²) >= 11 is 0. The van der Waals surface area contributed by atoms with Crippen molar-refractivity contribution in [3.63, 3.8) is 0 Å². The topological polar surface area (TPSA) is 45.2 Å². The van der Waals surface area contributed by atoms with Crippen LogP contribution in [0.25, 0.3) is 10.9 Å². The van der Waals surface area contributed by atoms with E-state index in [-0.39, 0.29) is 0 Å². The van der Waals surface area contributed by atoms with Crippen molar-refractivity contribution in [2.45, 2.75) is 25.3 Å². The number of fused-ring (bicyclic) bond motifs is 1. The van der Waals surface area contributed by atoms with Crippen molar-refractivity contribution in [1.82, 2.24) is 10.3 Å². The summed E-state index contributed by atoms with van der Waals surface area (Å²) in [6, 6.07) is 7.84. The number of phenolic OH excluding ortho intramolecular Hbond substituents is 1. The minimum absolute atomic E-state index is 0.292. The van der Waals surface area contributed by atoms with Crippen LogP contribution in [0.3, 0.4) is 0 Å². The van der Waals surface area contributed by atoms with Gasteiger partial charge in [0.1, 0.15) is 5.75 Å².